The lowest BCUT2D eigenvalue weighted by Gasteiger charge is -2.16. The van der Waals surface area contributed by atoms with Crippen LogP contribution in [0.4, 0.5) is 5.69 Å². The molecular weight excluding hydrogens is 257 g/mol. The van der Waals surface area contributed by atoms with Gasteiger partial charge in [-0.3, -0.25) is 0 Å². The topological polar surface area (TPSA) is 104 Å². The highest BCUT2D eigenvalue weighted by molar-refractivity contribution is 6.44. The number of rotatable bonds is 3. The average molecular weight is 266 g/mol. The summed E-state index contributed by atoms with van der Waals surface area (Å²) in [5.74, 6) is -1.56. The van der Waals surface area contributed by atoms with Gasteiger partial charge in [0, 0.05) is 5.56 Å². The minimum absolute atomic E-state index is 0.00997. The Morgan fingerprint density at radius 1 is 1.25 bits per heavy atom. The van der Waals surface area contributed by atoms with Crippen LogP contribution >= 0.6 is 23.2 Å². The van der Waals surface area contributed by atoms with Gasteiger partial charge in [-0.1, -0.05) is 29.3 Å². The Kier molecular flexibility index (Phi) is 3.98. The third-order valence-electron chi connectivity index (χ3n) is 2.01. The SMILES string of the molecule is Nc1ccc(C(O)C(O)C(=O)O)c(Cl)c1Cl. The molecule has 0 aliphatic carbocycles. The first-order valence-electron chi connectivity index (χ1n) is 4.18. The highest BCUT2D eigenvalue weighted by atomic mass is 35.5. The van der Waals surface area contributed by atoms with Crippen LogP contribution in [0.2, 0.25) is 10.0 Å². The molecule has 7 heteroatoms. The third-order valence-corrected chi connectivity index (χ3v) is 2.92. The number of hydrogen-bond donors (Lipinski definition) is 4. The largest absolute Gasteiger partial charge is 0.479 e. The molecule has 2 unspecified atom stereocenters. The Morgan fingerprint density at radius 3 is 2.31 bits per heavy atom. The number of carboxylic acids is 1. The third kappa shape index (κ3) is 2.38. The summed E-state index contributed by atoms with van der Waals surface area (Å²) < 4.78 is 0. The van der Waals surface area contributed by atoms with Gasteiger partial charge in [0.2, 0.25) is 0 Å². The number of carboxylic acid groups (broad SMARTS) is 1. The Labute approximate surface area is 101 Å². The molecule has 0 aromatic heterocycles. The summed E-state index contributed by atoms with van der Waals surface area (Å²) >= 11 is 11.5. The van der Waals surface area contributed by atoms with E-state index in [1.165, 1.54) is 12.1 Å². The number of nitrogens with two attached hydrogens (primary N) is 1. The molecule has 0 aliphatic rings. The van der Waals surface area contributed by atoms with Crippen LogP contribution in [0.15, 0.2) is 12.1 Å². The second kappa shape index (κ2) is 4.88. The molecule has 16 heavy (non-hydrogen) atoms. The van der Waals surface area contributed by atoms with Gasteiger partial charge in [0.15, 0.2) is 6.10 Å². The van der Waals surface area contributed by atoms with Crippen LogP contribution in [0, 0.1) is 0 Å². The zero-order valence-corrected chi connectivity index (χ0v) is 9.40. The summed E-state index contributed by atoms with van der Waals surface area (Å²) in [5, 5.41) is 27.1. The van der Waals surface area contributed by atoms with E-state index < -0.39 is 18.2 Å². The monoisotopic (exact) mass is 265 g/mol. The maximum absolute atomic E-state index is 10.5. The molecule has 0 amide bonds. The molecule has 88 valence electrons. The van der Waals surface area contributed by atoms with E-state index in [1.54, 1.807) is 0 Å². The number of benzene rings is 1. The lowest BCUT2D eigenvalue weighted by Crippen LogP contribution is -2.27. The first-order chi connectivity index (χ1) is 7.36. The van der Waals surface area contributed by atoms with E-state index >= 15 is 0 Å². The van der Waals surface area contributed by atoms with Gasteiger partial charge < -0.3 is 21.1 Å². The predicted octanol–water partition coefficient (Wildman–Crippen LogP) is 1.05. The van der Waals surface area contributed by atoms with Gasteiger partial charge in [-0.15, -0.1) is 0 Å². The molecule has 1 aromatic rings. The number of nitrogen functional groups attached to an aromatic ring is 1. The van der Waals surface area contributed by atoms with Crippen molar-refractivity contribution in [2.24, 2.45) is 0 Å². The summed E-state index contributed by atoms with van der Waals surface area (Å²) in [6.07, 6.45) is -3.64. The van der Waals surface area contributed by atoms with E-state index in [0.29, 0.717) is 0 Å². The summed E-state index contributed by atoms with van der Waals surface area (Å²) in [6, 6.07) is 2.67. The van der Waals surface area contributed by atoms with Crippen molar-refractivity contribution in [2.45, 2.75) is 12.2 Å². The molecule has 5 N–H and O–H groups in total. The maximum atomic E-state index is 10.5. The molecular formula is C9H9Cl2NO4. The number of hydrogen-bond acceptors (Lipinski definition) is 4. The summed E-state index contributed by atoms with van der Waals surface area (Å²) in [4.78, 5) is 10.5. The fraction of sp³-hybridized carbons (Fsp3) is 0.222. The Bertz CT molecular complexity index is 424. The molecule has 0 radical (unpaired) electrons. The molecule has 0 saturated heterocycles. The molecule has 0 bridgehead atoms. The van der Waals surface area contributed by atoms with Crippen LogP contribution in [0.25, 0.3) is 0 Å². The van der Waals surface area contributed by atoms with E-state index in [-0.39, 0.29) is 21.3 Å². The van der Waals surface area contributed by atoms with Crippen LogP contribution in [0.1, 0.15) is 11.7 Å². The van der Waals surface area contributed by atoms with Crippen LogP contribution in [-0.2, 0) is 4.79 Å². The zero-order valence-electron chi connectivity index (χ0n) is 7.89. The highest BCUT2D eigenvalue weighted by Gasteiger charge is 2.27. The summed E-state index contributed by atoms with van der Waals surface area (Å²) in [5.41, 5.74) is 5.66. The van der Waals surface area contributed by atoms with Crippen molar-refractivity contribution in [3.63, 3.8) is 0 Å². The van der Waals surface area contributed by atoms with Crippen LogP contribution in [0.3, 0.4) is 0 Å². The van der Waals surface area contributed by atoms with E-state index in [2.05, 4.69) is 0 Å². The Hall–Kier alpha value is -1.01. The minimum atomic E-state index is -1.97. The Balaban J connectivity index is 3.14. The molecule has 1 rings (SSSR count). The second-order valence-corrected chi connectivity index (χ2v) is 3.86. The molecule has 5 nitrogen and oxygen atoms in total. The van der Waals surface area contributed by atoms with Gasteiger partial charge in [-0.2, -0.15) is 0 Å². The number of carbonyl (C=O) groups is 1. The molecule has 1 aromatic carbocycles. The van der Waals surface area contributed by atoms with Crippen molar-refractivity contribution >= 4 is 34.9 Å². The number of halogens is 2. The minimum Gasteiger partial charge on any atom is -0.479 e. The average Bonchev–Trinajstić information content (AvgIpc) is 2.24. The Morgan fingerprint density at radius 2 is 1.81 bits per heavy atom. The lowest BCUT2D eigenvalue weighted by atomic mass is 10.0. The number of aliphatic carboxylic acids is 1. The second-order valence-electron chi connectivity index (χ2n) is 3.10. The molecule has 0 heterocycles. The first-order valence-corrected chi connectivity index (χ1v) is 4.94. The van der Waals surface area contributed by atoms with Gasteiger partial charge in [-0.25, -0.2) is 4.79 Å². The van der Waals surface area contributed by atoms with Gasteiger partial charge in [0.1, 0.15) is 6.10 Å². The quantitative estimate of drug-likeness (QED) is 0.612. The first kappa shape index (κ1) is 13.1. The van der Waals surface area contributed by atoms with E-state index in [9.17, 15) is 9.90 Å². The van der Waals surface area contributed by atoms with E-state index in [1.807, 2.05) is 0 Å². The molecule has 0 spiro atoms. The number of anilines is 1. The number of aliphatic hydroxyl groups excluding tert-OH is 2. The highest BCUT2D eigenvalue weighted by Crippen LogP contribution is 2.35. The van der Waals surface area contributed by atoms with Crippen molar-refractivity contribution in [1.29, 1.82) is 0 Å². The fourth-order valence-corrected chi connectivity index (χ4v) is 1.57. The van der Waals surface area contributed by atoms with Crippen molar-refractivity contribution in [1.82, 2.24) is 0 Å². The van der Waals surface area contributed by atoms with Gasteiger partial charge in [-0.05, 0) is 6.07 Å². The van der Waals surface area contributed by atoms with Crippen molar-refractivity contribution in [3.05, 3.63) is 27.7 Å². The maximum Gasteiger partial charge on any atom is 0.335 e. The van der Waals surface area contributed by atoms with Gasteiger partial charge in [0.25, 0.3) is 0 Å². The van der Waals surface area contributed by atoms with E-state index in [4.69, 9.17) is 39.1 Å². The van der Waals surface area contributed by atoms with Crippen molar-refractivity contribution < 1.29 is 20.1 Å². The van der Waals surface area contributed by atoms with Gasteiger partial charge >= 0.3 is 5.97 Å². The molecule has 0 saturated carbocycles. The standard InChI is InChI=1S/C9H9Cl2NO4/c10-5-3(1-2-4(12)6(5)11)7(13)8(14)9(15)16/h1-2,7-8,13-14H,12H2,(H,15,16). The van der Waals surface area contributed by atoms with Crippen LogP contribution in [0.5, 0.6) is 0 Å². The molecule has 0 fully saturated rings. The predicted molar refractivity (Wildman–Crippen MR) is 59.5 cm³/mol. The lowest BCUT2D eigenvalue weighted by molar-refractivity contribution is -0.153. The van der Waals surface area contributed by atoms with Crippen molar-refractivity contribution in [2.75, 3.05) is 5.73 Å². The molecule has 0 aliphatic heterocycles. The summed E-state index contributed by atoms with van der Waals surface area (Å²) in [6.45, 7) is 0. The summed E-state index contributed by atoms with van der Waals surface area (Å²) in [7, 11) is 0. The molecule has 2 atom stereocenters. The zero-order chi connectivity index (χ0) is 12.5. The van der Waals surface area contributed by atoms with Crippen LogP contribution < -0.4 is 5.73 Å². The normalized spacial score (nSPS) is 14.5. The number of aliphatic hydroxyl groups is 2. The van der Waals surface area contributed by atoms with Gasteiger partial charge in [0.05, 0.1) is 15.7 Å². The smallest absolute Gasteiger partial charge is 0.335 e. The van der Waals surface area contributed by atoms with E-state index in [0.717, 1.165) is 0 Å². The van der Waals surface area contributed by atoms with Crippen LogP contribution in [-0.4, -0.2) is 27.4 Å². The van der Waals surface area contributed by atoms with Crippen molar-refractivity contribution in [3.8, 4) is 0 Å². The fourth-order valence-electron chi connectivity index (χ4n) is 1.11.